The first-order chi connectivity index (χ1) is 12.9. The highest BCUT2D eigenvalue weighted by Crippen LogP contribution is 2.30. The van der Waals surface area contributed by atoms with Crippen molar-refractivity contribution in [1.29, 1.82) is 0 Å². The number of nitrogens with one attached hydrogen (secondary N) is 1. The van der Waals surface area contributed by atoms with Crippen molar-refractivity contribution in [3.8, 4) is 11.5 Å². The molecule has 0 heterocycles. The molecule has 0 fully saturated rings. The number of anilines is 1. The Morgan fingerprint density at radius 2 is 1.59 bits per heavy atom. The van der Waals surface area contributed by atoms with Crippen LogP contribution in [-0.2, 0) is 14.6 Å². The second-order valence-corrected chi connectivity index (χ2v) is 8.07. The van der Waals surface area contributed by atoms with E-state index in [4.69, 9.17) is 9.47 Å². The fourth-order valence-corrected chi connectivity index (χ4v) is 3.68. The molecule has 0 aromatic heterocycles. The molecule has 146 valence electrons. The molecule has 27 heavy (non-hydrogen) atoms. The van der Waals surface area contributed by atoms with Gasteiger partial charge in [-0.2, -0.15) is 0 Å². The lowest BCUT2D eigenvalue weighted by atomic mass is 10.2. The van der Waals surface area contributed by atoms with Crippen molar-refractivity contribution in [1.82, 2.24) is 0 Å². The van der Waals surface area contributed by atoms with Gasteiger partial charge in [-0.25, -0.2) is 8.42 Å². The minimum atomic E-state index is -3.50. The first-order valence-corrected chi connectivity index (χ1v) is 10.5. The summed E-state index contributed by atoms with van der Waals surface area (Å²) in [6.07, 6.45) is -0.132. The Labute approximate surface area is 160 Å². The van der Waals surface area contributed by atoms with E-state index in [9.17, 15) is 13.2 Å². The number of carbonyl (C=O) groups is 1. The maximum Gasteiger partial charge on any atom is 0.225 e. The molecule has 0 aliphatic carbocycles. The highest BCUT2D eigenvalue weighted by Gasteiger charge is 2.17. The van der Waals surface area contributed by atoms with Crippen LogP contribution in [0.4, 0.5) is 5.69 Å². The van der Waals surface area contributed by atoms with Crippen LogP contribution in [0.1, 0.15) is 25.8 Å². The summed E-state index contributed by atoms with van der Waals surface area (Å²) in [5.41, 5.74) is 1.51. The third-order valence-electron chi connectivity index (χ3n) is 3.81. The monoisotopic (exact) mass is 391 g/mol. The van der Waals surface area contributed by atoms with E-state index in [1.807, 2.05) is 20.8 Å². The second kappa shape index (κ2) is 9.41. The van der Waals surface area contributed by atoms with Gasteiger partial charge in [-0.15, -0.1) is 0 Å². The highest BCUT2D eigenvalue weighted by atomic mass is 32.2. The lowest BCUT2D eigenvalue weighted by Crippen LogP contribution is -2.17. The molecule has 0 saturated carbocycles. The summed E-state index contributed by atoms with van der Waals surface area (Å²) in [4.78, 5) is 12.4. The first-order valence-electron chi connectivity index (χ1n) is 8.84. The number of sulfone groups is 1. The predicted molar refractivity (Wildman–Crippen MR) is 105 cm³/mol. The number of carbonyl (C=O) groups excluding carboxylic acids is 1. The van der Waals surface area contributed by atoms with Gasteiger partial charge in [0.2, 0.25) is 5.91 Å². The zero-order valence-corrected chi connectivity index (χ0v) is 16.6. The third-order valence-corrected chi connectivity index (χ3v) is 5.54. The molecule has 1 N–H and O–H groups in total. The molecule has 2 aromatic carbocycles. The summed E-state index contributed by atoms with van der Waals surface area (Å²) in [6.45, 7) is 6.59. The lowest BCUT2D eigenvalue weighted by Gasteiger charge is -2.13. The molecule has 0 atom stereocenters. The van der Waals surface area contributed by atoms with E-state index in [-0.39, 0.29) is 23.0 Å². The van der Waals surface area contributed by atoms with Crippen LogP contribution in [-0.4, -0.2) is 33.3 Å². The van der Waals surface area contributed by atoms with Gasteiger partial charge >= 0.3 is 0 Å². The Kier molecular flexibility index (Phi) is 7.24. The maximum atomic E-state index is 12.3. The van der Waals surface area contributed by atoms with Gasteiger partial charge in [0.25, 0.3) is 0 Å². The maximum absolute atomic E-state index is 12.3. The summed E-state index contributed by atoms with van der Waals surface area (Å²) in [5.74, 6) is 0.498. The van der Waals surface area contributed by atoms with Crippen LogP contribution in [0.2, 0.25) is 0 Å². The Morgan fingerprint density at radius 1 is 0.963 bits per heavy atom. The molecule has 0 radical (unpaired) electrons. The molecule has 7 heteroatoms. The van der Waals surface area contributed by atoms with Crippen molar-refractivity contribution in [3.63, 3.8) is 0 Å². The summed E-state index contributed by atoms with van der Waals surface area (Å²) >= 11 is 0. The minimum absolute atomic E-state index is 0.132. The molecule has 0 aliphatic rings. The van der Waals surface area contributed by atoms with Gasteiger partial charge < -0.3 is 14.8 Å². The largest absolute Gasteiger partial charge is 0.490 e. The van der Waals surface area contributed by atoms with Gasteiger partial charge in [0.05, 0.1) is 23.9 Å². The van der Waals surface area contributed by atoms with Crippen molar-refractivity contribution < 1.29 is 22.7 Å². The molecule has 0 saturated heterocycles. The first kappa shape index (κ1) is 20.8. The third kappa shape index (κ3) is 5.99. The highest BCUT2D eigenvalue weighted by molar-refractivity contribution is 7.91. The summed E-state index contributed by atoms with van der Waals surface area (Å²) in [7, 11) is -3.50. The van der Waals surface area contributed by atoms with E-state index >= 15 is 0 Å². The average Bonchev–Trinajstić information content (AvgIpc) is 2.63. The van der Waals surface area contributed by atoms with E-state index in [0.717, 1.165) is 5.56 Å². The summed E-state index contributed by atoms with van der Waals surface area (Å²) in [5, 5.41) is 2.70. The van der Waals surface area contributed by atoms with Crippen molar-refractivity contribution >= 4 is 21.4 Å². The summed E-state index contributed by atoms with van der Waals surface area (Å²) < 4.78 is 35.7. The van der Waals surface area contributed by atoms with Gasteiger partial charge in [-0.05, 0) is 45.0 Å². The molecular formula is C20H25NO5S. The fourth-order valence-electron chi connectivity index (χ4n) is 2.44. The van der Waals surface area contributed by atoms with Crippen LogP contribution < -0.4 is 14.8 Å². The van der Waals surface area contributed by atoms with Crippen LogP contribution in [0.25, 0.3) is 0 Å². The van der Waals surface area contributed by atoms with Crippen LogP contribution >= 0.6 is 0 Å². The van der Waals surface area contributed by atoms with E-state index < -0.39 is 9.84 Å². The minimum Gasteiger partial charge on any atom is -0.490 e. The Balaban J connectivity index is 2.00. The average molecular weight is 391 g/mol. The van der Waals surface area contributed by atoms with E-state index in [1.165, 1.54) is 0 Å². The number of benzene rings is 2. The van der Waals surface area contributed by atoms with Crippen LogP contribution in [0, 0.1) is 6.92 Å². The Hall–Kier alpha value is -2.54. The standard InChI is InChI=1S/C20H25NO5S/c1-4-25-18-11-8-16(14-19(18)26-5-2)21-20(22)12-13-27(23,24)17-9-6-15(3)7-10-17/h6-11,14H,4-5,12-13H2,1-3H3,(H,21,22). The number of amides is 1. The molecular weight excluding hydrogens is 366 g/mol. The molecule has 1 amide bonds. The topological polar surface area (TPSA) is 81.7 Å². The van der Waals surface area contributed by atoms with E-state index in [2.05, 4.69) is 5.32 Å². The Bertz CT molecular complexity index is 876. The molecule has 0 aliphatic heterocycles. The number of rotatable bonds is 9. The summed E-state index contributed by atoms with van der Waals surface area (Å²) in [6, 6.07) is 11.7. The quantitative estimate of drug-likeness (QED) is 0.706. The van der Waals surface area contributed by atoms with Crippen molar-refractivity contribution in [2.24, 2.45) is 0 Å². The SMILES string of the molecule is CCOc1ccc(NC(=O)CCS(=O)(=O)c2ccc(C)cc2)cc1OCC. The van der Waals surface area contributed by atoms with Gasteiger partial charge in [0, 0.05) is 18.2 Å². The second-order valence-electron chi connectivity index (χ2n) is 5.96. The molecule has 2 rings (SSSR count). The number of ether oxygens (including phenoxy) is 2. The van der Waals surface area contributed by atoms with E-state index in [1.54, 1.807) is 42.5 Å². The predicted octanol–water partition coefficient (Wildman–Crippen LogP) is 3.59. The molecule has 6 nitrogen and oxygen atoms in total. The Morgan fingerprint density at radius 3 is 2.22 bits per heavy atom. The van der Waals surface area contributed by atoms with Crippen molar-refractivity contribution in [2.75, 3.05) is 24.3 Å². The zero-order valence-electron chi connectivity index (χ0n) is 15.8. The number of hydrogen-bond acceptors (Lipinski definition) is 5. The van der Waals surface area contributed by atoms with Crippen LogP contribution in [0.5, 0.6) is 11.5 Å². The van der Waals surface area contributed by atoms with Crippen LogP contribution in [0.3, 0.4) is 0 Å². The normalized spacial score (nSPS) is 11.1. The van der Waals surface area contributed by atoms with Crippen molar-refractivity contribution in [3.05, 3.63) is 48.0 Å². The van der Waals surface area contributed by atoms with Gasteiger partial charge in [-0.3, -0.25) is 4.79 Å². The van der Waals surface area contributed by atoms with E-state index in [0.29, 0.717) is 30.4 Å². The molecule has 0 unspecified atom stereocenters. The lowest BCUT2D eigenvalue weighted by molar-refractivity contribution is -0.115. The number of hydrogen-bond donors (Lipinski definition) is 1. The number of aryl methyl sites for hydroxylation is 1. The van der Waals surface area contributed by atoms with Gasteiger partial charge in [0.15, 0.2) is 21.3 Å². The van der Waals surface area contributed by atoms with Gasteiger partial charge in [0.1, 0.15) is 0 Å². The van der Waals surface area contributed by atoms with Gasteiger partial charge in [-0.1, -0.05) is 17.7 Å². The van der Waals surface area contributed by atoms with Crippen molar-refractivity contribution in [2.45, 2.75) is 32.1 Å². The van der Waals surface area contributed by atoms with Crippen LogP contribution in [0.15, 0.2) is 47.4 Å². The molecule has 0 bridgehead atoms. The molecule has 0 spiro atoms. The zero-order chi connectivity index (χ0) is 19.9. The fraction of sp³-hybridized carbons (Fsp3) is 0.350. The smallest absolute Gasteiger partial charge is 0.225 e. The molecule has 2 aromatic rings.